The summed E-state index contributed by atoms with van der Waals surface area (Å²) in [6.07, 6.45) is 51.6. The molecule has 4 aliphatic carbocycles. The van der Waals surface area contributed by atoms with Crippen molar-refractivity contribution in [2.75, 3.05) is 13.2 Å². The molecule has 272 valence electrons. The second-order valence-corrected chi connectivity index (χ2v) is 17.5. The molecule has 0 radical (unpaired) electrons. The van der Waals surface area contributed by atoms with E-state index in [1.54, 1.807) is 11.1 Å². The topological polar surface area (TPSA) is 9.23 Å². The van der Waals surface area contributed by atoms with Gasteiger partial charge < -0.3 is 4.74 Å². The van der Waals surface area contributed by atoms with Gasteiger partial charge in [-0.15, -0.1) is 0 Å². The molecule has 4 aliphatic rings. The number of hydrogen-bond donors (Lipinski definition) is 0. The highest BCUT2D eigenvalue weighted by atomic mass is 16.5. The van der Waals surface area contributed by atoms with Gasteiger partial charge in [-0.25, -0.2) is 0 Å². The van der Waals surface area contributed by atoms with Crippen LogP contribution in [0.3, 0.4) is 0 Å². The van der Waals surface area contributed by atoms with Crippen molar-refractivity contribution in [1.82, 2.24) is 0 Å². The van der Waals surface area contributed by atoms with Crippen LogP contribution in [0.25, 0.3) is 0 Å². The quantitative estimate of drug-likeness (QED) is 0.0746. The van der Waals surface area contributed by atoms with Crippen LogP contribution >= 0.6 is 0 Å². The van der Waals surface area contributed by atoms with E-state index in [0.717, 1.165) is 48.7 Å². The van der Waals surface area contributed by atoms with E-state index < -0.39 is 0 Å². The first-order valence-electron chi connectivity index (χ1n) is 22.1. The van der Waals surface area contributed by atoms with Gasteiger partial charge in [0.15, 0.2) is 0 Å². The summed E-state index contributed by atoms with van der Waals surface area (Å²) >= 11 is 0. The van der Waals surface area contributed by atoms with Crippen LogP contribution in [0.4, 0.5) is 0 Å². The molecule has 47 heavy (non-hydrogen) atoms. The molecule has 0 saturated heterocycles. The minimum absolute atomic E-state index is 0.940. The minimum atomic E-state index is 0.940. The molecule has 0 aromatic carbocycles. The third-order valence-electron chi connectivity index (χ3n) is 13.7. The van der Waals surface area contributed by atoms with Crippen LogP contribution in [0.5, 0.6) is 0 Å². The molecule has 0 bridgehead atoms. The summed E-state index contributed by atoms with van der Waals surface area (Å²) in [5.41, 5.74) is 3.38. The molecule has 0 amide bonds. The third-order valence-corrected chi connectivity index (χ3v) is 13.7. The lowest BCUT2D eigenvalue weighted by atomic mass is 9.76. The zero-order chi connectivity index (χ0) is 32.8. The van der Waals surface area contributed by atoms with Crippen LogP contribution in [0.2, 0.25) is 0 Å². The van der Waals surface area contributed by atoms with Gasteiger partial charge in [-0.05, 0) is 99.7 Å². The molecule has 4 rings (SSSR count). The van der Waals surface area contributed by atoms with Crippen LogP contribution in [-0.4, -0.2) is 13.2 Å². The Morgan fingerprint density at radius 2 is 0.787 bits per heavy atom. The smallest absolute Gasteiger partial charge is 0.0503 e. The second kappa shape index (κ2) is 24.6. The van der Waals surface area contributed by atoms with Crippen molar-refractivity contribution < 1.29 is 4.74 Å². The SMILES string of the molecule is CCCCCCCC1CCC(CCC2CC=C(CCOCCC3=CCC(CCC4CCC(CCCCCCC)CC4)CC3)CC2)CC1. The molecule has 0 spiro atoms. The first-order chi connectivity index (χ1) is 23.2. The second-order valence-electron chi connectivity index (χ2n) is 17.5. The Morgan fingerprint density at radius 1 is 0.426 bits per heavy atom. The highest BCUT2D eigenvalue weighted by molar-refractivity contribution is 5.07. The summed E-state index contributed by atoms with van der Waals surface area (Å²) in [5.74, 6) is 6.13. The summed E-state index contributed by atoms with van der Waals surface area (Å²) in [7, 11) is 0. The molecule has 2 atom stereocenters. The number of hydrogen-bond acceptors (Lipinski definition) is 1. The minimum Gasteiger partial charge on any atom is -0.381 e. The third kappa shape index (κ3) is 16.8. The molecule has 0 heterocycles. The molecule has 0 aromatic rings. The summed E-state index contributed by atoms with van der Waals surface area (Å²) in [5, 5.41) is 0. The molecular formula is C46H82O. The van der Waals surface area contributed by atoms with Crippen LogP contribution in [0, 0.1) is 35.5 Å². The Bertz CT molecular complexity index is 754. The predicted octanol–water partition coefficient (Wildman–Crippen LogP) is 15.1. The lowest BCUT2D eigenvalue weighted by molar-refractivity contribution is 0.138. The standard InChI is InChI=1S/C46H82O/c1-3-5-7-9-11-13-39-15-19-41(20-16-39)23-25-43-27-31-45(32-28-43)35-37-47-38-36-46-33-29-44(30-34-46)26-24-42-21-17-40(18-22-42)14-12-10-8-6-4-2/h31,33,39-44H,3-30,32,34-38H2,1-2H3. The average molecular weight is 651 g/mol. The lowest BCUT2D eigenvalue weighted by Gasteiger charge is -2.30. The van der Waals surface area contributed by atoms with E-state index in [-0.39, 0.29) is 0 Å². The summed E-state index contributed by atoms with van der Waals surface area (Å²) < 4.78 is 6.17. The van der Waals surface area contributed by atoms with Crippen LogP contribution in [-0.2, 0) is 4.74 Å². The van der Waals surface area contributed by atoms with Crippen LogP contribution in [0.1, 0.15) is 219 Å². The fraction of sp³-hybridized carbons (Fsp3) is 0.913. The Morgan fingerprint density at radius 3 is 1.15 bits per heavy atom. The van der Waals surface area contributed by atoms with Crippen molar-refractivity contribution in [2.24, 2.45) is 35.5 Å². The van der Waals surface area contributed by atoms with Crippen LogP contribution < -0.4 is 0 Å². The van der Waals surface area contributed by atoms with Gasteiger partial charge in [0.1, 0.15) is 0 Å². The van der Waals surface area contributed by atoms with Crippen molar-refractivity contribution in [3.8, 4) is 0 Å². The lowest BCUT2D eigenvalue weighted by Crippen LogP contribution is -2.16. The van der Waals surface area contributed by atoms with Gasteiger partial charge in [0.05, 0.1) is 13.2 Å². The maximum Gasteiger partial charge on any atom is 0.0503 e. The van der Waals surface area contributed by atoms with Crippen molar-refractivity contribution in [3.05, 3.63) is 23.3 Å². The molecule has 2 unspecified atom stereocenters. The zero-order valence-corrected chi connectivity index (χ0v) is 32.1. The Labute approximate surface area is 295 Å². The van der Waals surface area contributed by atoms with Crippen molar-refractivity contribution in [3.63, 3.8) is 0 Å². The van der Waals surface area contributed by atoms with E-state index in [2.05, 4.69) is 26.0 Å². The van der Waals surface area contributed by atoms with Gasteiger partial charge in [0.25, 0.3) is 0 Å². The molecule has 2 fully saturated rings. The van der Waals surface area contributed by atoms with E-state index >= 15 is 0 Å². The fourth-order valence-corrected chi connectivity index (χ4v) is 10.0. The average Bonchev–Trinajstić information content (AvgIpc) is 3.11. The van der Waals surface area contributed by atoms with Crippen molar-refractivity contribution in [2.45, 2.75) is 219 Å². The summed E-state index contributed by atoms with van der Waals surface area (Å²) in [6, 6.07) is 0. The van der Waals surface area contributed by atoms with Crippen molar-refractivity contribution in [1.29, 1.82) is 0 Å². The zero-order valence-electron chi connectivity index (χ0n) is 32.1. The van der Waals surface area contributed by atoms with Crippen molar-refractivity contribution >= 4 is 0 Å². The van der Waals surface area contributed by atoms with Gasteiger partial charge in [-0.3, -0.25) is 0 Å². The fourth-order valence-electron chi connectivity index (χ4n) is 10.0. The normalized spacial score (nSPS) is 28.6. The molecular weight excluding hydrogens is 569 g/mol. The highest BCUT2D eigenvalue weighted by Crippen LogP contribution is 2.38. The van der Waals surface area contributed by atoms with E-state index in [1.165, 1.54) is 205 Å². The van der Waals surface area contributed by atoms with Gasteiger partial charge in [-0.1, -0.05) is 178 Å². The van der Waals surface area contributed by atoms with E-state index in [1.807, 2.05) is 0 Å². The predicted molar refractivity (Wildman–Crippen MR) is 207 cm³/mol. The number of ether oxygens (including phenoxy) is 1. The summed E-state index contributed by atoms with van der Waals surface area (Å²) in [4.78, 5) is 0. The monoisotopic (exact) mass is 651 g/mol. The number of rotatable bonds is 24. The first kappa shape index (κ1) is 39.2. The molecule has 1 nitrogen and oxygen atoms in total. The molecule has 1 heteroatoms. The maximum atomic E-state index is 6.17. The molecule has 0 aromatic heterocycles. The Kier molecular flexibility index (Phi) is 20.5. The van der Waals surface area contributed by atoms with E-state index in [9.17, 15) is 0 Å². The van der Waals surface area contributed by atoms with E-state index in [4.69, 9.17) is 4.74 Å². The Balaban J connectivity index is 0.944. The Hall–Kier alpha value is -0.560. The van der Waals surface area contributed by atoms with Gasteiger partial charge in [-0.2, -0.15) is 0 Å². The molecule has 0 N–H and O–H groups in total. The first-order valence-corrected chi connectivity index (χ1v) is 22.1. The maximum absolute atomic E-state index is 6.17. The van der Waals surface area contributed by atoms with E-state index in [0.29, 0.717) is 0 Å². The van der Waals surface area contributed by atoms with Crippen LogP contribution in [0.15, 0.2) is 23.3 Å². The van der Waals surface area contributed by atoms with Gasteiger partial charge in [0, 0.05) is 0 Å². The highest BCUT2D eigenvalue weighted by Gasteiger charge is 2.24. The van der Waals surface area contributed by atoms with Gasteiger partial charge >= 0.3 is 0 Å². The largest absolute Gasteiger partial charge is 0.381 e. The number of unbranched alkanes of at least 4 members (excludes halogenated alkanes) is 8. The van der Waals surface area contributed by atoms with Gasteiger partial charge in [0.2, 0.25) is 0 Å². The number of allylic oxidation sites excluding steroid dienone is 2. The summed E-state index contributed by atoms with van der Waals surface area (Å²) in [6.45, 7) is 6.53. The molecule has 0 aliphatic heterocycles. The molecule has 2 saturated carbocycles.